The number of hydrogen-bond acceptors (Lipinski definition) is 5. The topological polar surface area (TPSA) is 81.8 Å². The van der Waals surface area contributed by atoms with Crippen LogP contribution in [0, 0.1) is 37.0 Å². The van der Waals surface area contributed by atoms with Gasteiger partial charge in [0.15, 0.2) is 5.82 Å². The summed E-state index contributed by atoms with van der Waals surface area (Å²) in [7, 11) is 0. The molecule has 5 nitrogen and oxygen atoms in total. The zero-order valence-corrected chi connectivity index (χ0v) is 11.5. The SMILES string of the molecule is Cc1nnc(NCC2CCCC2CO)c(C#N)c1C. The van der Waals surface area contributed by atoms with E-state index in [1.54, 1.807) is 0 Å². The first-order chi connectivity index (χ1) is 9.17. The molecule has 19 heavy (non-hydrogen) atoms. The average Bonchev–Trinajstić information content (AvgIpc) is 2.87. The predicted octanol–water partition coefficient (Wildman–Crippen LogP) is 1.79. The largest absolute Gasteiger partial charge is 0.396 e. The molecule has 2 atom stereocenters. The first-order valence-corrected chi connectivity index (χ1v) is 6.76. The Morgan fingerprint density at radius 2 is 2.05 bits per heavy atom. The standard InChI is InChI=1S/C14H20N4O/c1-9-10(2)17-18-14(13(9)6-15)16-7-11-4-3-5-12(11)8-19/h11-12,19H,3-5,7-8H2,1-2H3,(H,16,18). The molecule has 1 aliphatic carbocycles. The third kappa shape index (κ3) is 2.85. The van der Waals surface area contributed by atoms with Gasteiger partial charge in [-0.25, -0.2) is 0 Å². The van der Waals surface area contributed by atoms with Crippen molar-refractivity contribution in [2.24, 2.45) is 11.8 Å². The van der Waals surface area contributed by atoms with E-state index in [4.69, 9.17) is 0 Å². The molecule has 1 aliphatic rings. The van der Waals surface area contributed by atoms with Crippen molar-refractivity contribution in [3.05, 3.63) is 16.8 Å². The number of aliphatic hydroxyl groups is 1. The zero-order valence-electron chi connectivity index (χ0n) is 11.5. The highest BCUT2D eigenvalue weighted by atomic mass is 16.3. The lowest BCUT2D eigenvalue weighted by Crippen LogP contribution is -2.22. The molecule has 1 aromatic heterocycles. The minimum absolute atomic E-state index is 0.246. The monoisotopic (exact) mass is 260 g/mol. The molecule has 2 rings (SSSR count). The fourth-order valence-corrected chi connectivity index (χ4v) is 2.72. The molecule has 5 heteroatoms. The van der Waals surface area contributed by atoms with Crippen LogP contribution in [0.15, 0.2) is 0 Å². The molecular weight excluding hydrogens is 240 g/mol. The van der Waals surface area contributed by atoms with Gasteiger partial charge in [-0.1, -0.05) is 6.42 Å². The first kappa shape index (κ1) is 13.8. The molecule has 2 unspecified atom stereocenters. The summed E-state index contributed by atoms with van der Waals surface area (Å²) in [6, 6.07) is 2.19. The van der Waals surface area contributed by atoms with E-state index < -0.39 is 0 Å². The van der Waals surface area contributed by atoms with Crippen molar-refractivity contribution < 1.29 is 5.11 Å². The summed E-state index contributed by atoms with van der Waals surface area (Å²) < 4.78 is 0. The van der Waals surface area contributed by atoms with Gasteiger partial charge in [-0.2, -0.15) is 10.4 Å². The van der Waals surface area contributed by atoms with E-state index >= 15 is 0 Å². The third-order valence-electron chi connectivity index (χ3n) is 4.15. The number of aliphatic hydroxyl groups excluding tert-OH is 1. The Morgan fingerprint density at radius 1 is 1.32 bits per heavy atom. The van der Waals surface area contributed by atoms with Crippen molar-refractivity contribution in [1.29, 1.82) is 5.26 Å². The molecule has 0 aromatic carbocycles. The lowest BCUT2D eigenvalue weighted by Gasteiger charge is -2.18. The number of aryl methyl sites for hydroxylation is 1. The molecule has 0 amide bonds. The second-order valence-corrected chi connectivity index (χ2v) is 5.26. The number of nitrogens with one attached hydrogen (secondary N) is 1. The Morgan fingerprint density at radius 3 is 2.74 bits per heavy atom. The Hall–Kier alpha value is -1.67. The zero-order chi connectivity index (χ0) is 13.8. The number of nitriles is 1. The molecule has 1 aromatic rings. The Balaban J connectivity index is 2.08. The average molecular weight is 260 g/mol. The van der Waals surface area contributed by atoms with Gasteiger partial charge in [-0.15, -0.1) is 5.10 Å². The maximum absolute atomic E-state index is 9.31. The van der Waals surface area contributed by atoms with Crippen LogP contribution in [-0.2, 0) is 0 Å². The molecule has 0 saturated heterocycles. The first-order valence-electron chi connectivity index (χ1n) is 6.76. The van der Waals surface area contributed by atoms with Gasteiger partial charge in [-0.3, -0.25) is 0 Å². The van der Waals surface area contributed by atoms with Crippen LogP contribution in [-0.4, -0.2) is 28.5 Å². The summed E-state index contributed by atoms with van der Waals surface area (Å²) in [6.07, 6.45) is 3.38. The highest BCUT2D eigenvalue weighted by Crippen LogP contribution is 2.31. The van der Waals surface area contributed by atoms with Crippen molar-refractivity contribution in [2.75, 3.05) is 18.5 Å². The highest BCUT2D eigenvalue weighted by molar-refractivity contribution is 5.55. The van der Waals surface area contributed by atoms with Gasteiger partial charge in [0.1, 0.15) is 11.6 Å². The van der Waals surface area contributed by atoms with Crippen molar-refractivity contribution in [3.63, 3.8) is 0 Å². The molecule has 0 spiro atoms. The molecule has 1 heterocycles. The second-order valence-electron chi connectivity index (χ2n) is 5.26. The number of nitrogens with zero attached hydrogens (tertiary/aromatic N) is 3. The van der Waals surface area contributed by atoms with Crippen molar-refractivity contribution in [1.82, 2.24) is 10.2 Å². The van der Waals surface area contributed by atoms with E-state index in [2.05, 4.69) is 21.6 Å². The molecular formula is C14H20N4O. The molecule has 2 N–H and O–H groups in total. The summed E-state index contributed by atoms with van der Waals surface area (Å²) in [5, 5.41) is 29.9. The number of hydrogen-bond donors (Lipinski definition) is 2. The molecule has 1 fully saturated rings. The fourth-order valence-electron chi connectivity index (χ4n) is 2.72. The van der Waals surface area contributed by atoms with E-state index in [1.165, 1.54) is 6.42 Å². The van der Waals surface area contributed by atoms with Crippen LogP contribution in [0.3, 0.4) is 0 Å². The lowest BCUT2D eigenvalue weighted by atomic mass is 9.97. The lowest BCUT2D eigenvalue weighted by molar-refractivity contribution is 0.199. The second kappa shape index (κ2) is 5.98. The minimum atomic E-state index is 0.246. The van der Waals surface area contributed by atoms with Gasteiger partial charge < -0.3 is 10.4 Å². The third-order valence-corrected chi connectivity index (χ3v) is 4.15. The maximum atomic E-state index is 9.31. The van der Waals surface area contributed by atoms with Crippen LogP contribution in [0.2, 0.25) is 0 Å². The predicted molar refractivity (Wildman–Crippen MR) is 72.6 cm³/mol. The van der Waals surface area contributed by atoms with E-state index in [-0.39, 0.29) is 6.61 Å². The van der Waals surface area contributed by atoms with E-state index in [0.717, 1.165) is 30.6 Å². The normalized spacial score (nSPS) is 22.2. The van der Waals surface area contributed by atoms with Crippen molar-refractivity contribution >= 4 is 5.82 Å². The molecule has 0 radical (unpaired) electrons. The molecule has 0 bridgehead atoms. The summed E-state index contributed by atoms with van der Waals surface area (Å²) in [5.74, 6) is 1.40. The van der Waals surface area contributed by atoms with Crippen LogP contribution >= 0.6 is 0 Å². The van der Waals surface area contributed by atoms with E-state index in [0.29, 0.717) is 23.2 Å². The Labute approximate surface area is 113 Å². The van der Waals surface area contributed by atoms with Crippen molar-refractivity contribution in [2.45, 2.75) is 33.1 Å². The molecule has 1 saturated carbocycles. The van der Waals surface area contributed by atoms with E-state index in [9.17, 15) is 10.4 Å². The quantitative estimate of drug-likeness (QED) is 0.862. The highest BCUT2D eigenvalue weighted by Gasteiger charge is 2.26. The van der Waals surface area contributed by atoms with Crippen LogP contribution in [0.5, 0.6) is 0 Å². The van der Waals surface area contributed by atoms with Gasteiger partial charge >= 0.3 is 0 Å². The van der Waals surface area contributed by atoms with Crippen molar-refractivity contribution in [3.8, 4) is 6.07 Å². The Kier molecular flexibility index (Phi) is 4.33. The summed E-state index contributed by atoms with van der Waals surface area (Å²) in [4.78, 5) is 0. The number of rotatable bonds is 4. The maximum Gasteiger partial charge on any atom is 0.166 e. The van der Waals surface area contributed by atoms with Crippen LogP contribution in [0.1, 0.15) is 36.1 Å². The van der Waals surface area contributed by atoms with Gasteiger partial charge in [0.25, 0.3) is 0 Å². The summed E-state index contributed by atoms with van der Waals surface area (Å²) in [6.45, 7) is 4.73. The van der Waals surface area contributed by atoms with Gasteiger partial charge in [0.2, 0.25) is 0 Å². The van der Waals surface area contributed by atoms with Crippen LogP contribution in [0.4, 0.5) is 5.82 Å². The number of anilines is 1. The van der Waals surface area contributed by atoms with Gasteiger partial charge in [0.05, 0.1) is 5.69 Å². The molecule has 102 valence electrons. The van der Waals surface area contributed by atoms with Gasteiger partial charge in [-0.05, 0) is 44.1 Å². The minimum Gasteiger partial charge on any atom is -0.396 e. The molecule has 0 aliphatic heterocycles. The van der Waals surface area contributed by atoms with E-state index in [1.807, 2.05) is 13.8 Å². The summed E-state index contributed by atoms with van der Waals surface area (Å²) in [5.41, 5.74) is 2.24. The fraction of sp³-hybridized carbons (Fsp3) is 0.643. The summed E-state index contributed by atoms with van der Waals surface area (Å²) >= 11 is 0. The van der Waals surface area contributed by atoms with Crippen LogP contribution in [0.25, 0.3) is 0 Å². The van der Waals surface area contributed by atoms with Crippen LogP contribution < -0.4 is 5.32 Å². The number of aromatic nitrogens is 2. The Bertz CT molecular complexity index is 495. The van der Waals surface area contributed by atoms with Gasteiger partial charge in [0, 0.05) is 13.2 Å². The smallest absolute Gasteiger partial charge is 0.166 e.